The molecule has 2 saturated heterocycles. The first kappa shape index (κ1) is 10.5. The molecule has 2 heterocycles. The normalized spacial score (nSPS) is 31.0. The summed E-state index contributed by atoms with van der Waals surface area (Å²) in [5.41, 5.74) is 0. The van der Waals surface area contributed by atoms with Crippen LogP contribution in [0.2, 0.25) is 0 Å². The molecule has 0 unspecified atom stereocenters. The molecule has 0 spiro atoms. The fourth-order valence-corrected chi connectivity index (χ4v) is 2.76. The highest BCUT2D eigenvalue weighted by Crippen LogP contribution is 2.32. The highest BCUT2D eigenvalue weighted by atomic mass is 16.5. The number of carbonyl (C=O) groups is 2. The van der Waals surface area contributed by atoms with Gasteiger partial charge in [0.2, 0.25) is 5.91 Å². The lowest BCUT2D eigenvalue weighted by Crippen LogP contribution is -2.53. The lowest BCUT2D eigenvalue weighted by molar-refractivity contribution is -0.154. The highest BCUT2D eigenvalue weighted by molar-refractivity contribution is 5.80. The number of piperidine rings is 2. The van der Waals surface area contributed by atoms with E-state index in [0.29, 0.717) is 6.42 Å². The number of hydrogen-bond acceptors (Lipinski definition) is 3. The van der Waals surface area contributed by atoms with Gasteiger partial charge in [0.1, 0.15) is 0 Å². The number of fused-ring (bicyclic) bond motifs is 1. The van der Waals surface area contributed by atoms with Crippen LogP contribution in [0.4, 0.5) is 0 Å². The van der Waals surface area contributed by atoms with Crippen molar-refractivity contribution in [3.05, 3.63) is 0 Å². The summed E-state index contributed by atoms with van der Waals surface area (Å²) in [5.74, 6) is -0.0350. The van der Waals surface area contributed by atoms with Crippen LogP contribution >= 0.6 is 0 Å². The van der Waals surface area contributed by atoms with Crippen LogP contribution in [0.15, 0.2) is 0 Å². The summed E-state index contributed by atoms with van der Waals surface area (Å²) in [7, 11) is 1.42. The summed E-state index contributed by atoms with van der Waals surface area (Å²) in [6.07, 6.45) is 4.28. The van der Waals surface area contributed by atoms with E-state index < -0.39 is 0 Å². The Bertz CT molecular complexity index is 277. The van der Waals surface area contributed by atoms with Gasteiger partial charge in [-0.15, -0.1) is 0 Å². The predicted molar refractivity (Wildman–Crippen MR) is 54.1 cm³/mol. The van der Waals surface area contributed by atoms with Crippen molar-refractivity contribution < 1.29 is 14.3 Å². The largest absolute Gasteiger partial charge is 0.469 e. The average Bonchev–Trinajstić information content (AvgIpc) is 2.28. The molecule has 0 aromatic carbocycles. The van der Waals surface area contributed by atoms with Crippen molar-refractivity contribution in [3.63, 3.8) is 0 Å². The molecule has 0 aromatic heterocycles. The molecule has 0 bridgehead atoms. The van der Waals surface area contributed by atoms with Crippen molar-refractivity contribution in [1.82, 2.24) is 4.90 Å². The molecule has 2 rings (SSSR count). The summed E-state index contributed by atoms with van der Waals surface area (Å²) in [6, 6.07) is 0.104. The van der Waals surface area contributed by atoms with Gasteiger partial charge >= 0.3 is 5.97 Å². The summed E-state index contributed by atoms with van der Waals surface area (Å²) >= 11 is 0. The third kappa shape index (κ3) is 1.85. The van der Waals surface area contributed by atoms with E-state index in [1.165, 1.54) is 7.11 Å². The Morgan fingerprint density at radius 1 is 1.40 bits per heavy atom. The number of methoxy groups -OCH3 is 1. The third-order valence-corrected chi connectivity index (χ3v) is 3.49. The SMILES string of the molecule is COC(=O)[C@H]1CCCN2C(=O)CCC[C@H]12. The van der Waals surface area contributed by atoms with E-state index in [4.69, 9.17) is 4.74 Å². The maximum Gasteiger partial charge on any atom is 0.310 e. The van der Waals surface area contributed by atoms with Gasteiger partial charge in [0.15, 0.2) is 0 Å². The van der Waals surface area contributed by atoms with Gasteiger partial charge in [0.25, 0.3) is 0 Å². The number of rotatable bonds is 1. The molecule has 0 aliphatic carbocycles. The second kappa shape index (κ2) is 4.21. The number of esters is 1. The molecule has 2 atom stereocenters. The van der Waals surface area contributed by atoms with Gasteiger partial charge in [-0.25, -0.2) is 0 Å². The summed E-state index contributed by atoms with van der Waals surface area (Å²) in [4.78, 5) is 25.1. The van der Waals surface area contributed by atoms with Crippen LogP contribution in [-0.2, 0) is 14.3 Å². The summed E-state index contributed by atoms with van der Waals surface area (Å²) in [6.45, 7) is 0.816. The highest BCUT2D eigenvalue weighted by Gasteiger charge is 2.40. The molecule has 0 saturated carbocycles. The van der Waals surface area contributed by atoms with E-state index in [0.717, 1.165) is 32.2 Å². The zero-order valence-electron chi connectivity index (χ0n) is 9.07. The van der Waals surface area contributed by atoms with Gasteiger partial charge in [-0.1, -0.05) is 0 Å². The smallest absolute Gasteiger partial charge is 0.310 e. The Balaban J connectivity index is 2.13. The molecular formula is C11H17NO3. The molecule has 1 amide bonds. The Morgan fingerprint density at radius 2 is 2.20 bits per heavy atom. The monoisotopic (exact) mass is 211 g/mol. The number of ether oxygens (including phenoxy) is 1. The minimum absolute atomic E-state index is 0.0898. The van der Waals surface area contributed by atoms with Crippen molar-refractivity contribution >= 4 is 11.9 Å². The van der Waals surface area contributed by atoms with Gasteiger partial charge in [0.05, 0.1) is 13.0 Å². The van der Waals surface area contributed by atoms with Crippen molar-refractivity contribution in [2.24, 2.45) is 5.92 Å². The molecule has 4 heteroatoms. The number of hydrogen-bond donors (Lipinski definition) is 0. The van der Waals surface area contributed by atoms with E-state index in [1.54, 1.807) is 0 Å². The van der Waals surface area contributed by atoms with Crippen molar-refractivity contribution in [2.45, 2.75) is 38.1 Å². The Hall–Kier alpha value is -1.06. The van der Waals surface area contributed by atoms with Gasteiger partial charge in [0, 0.05) is 19.0 Å². The van der Waals surface area contributed by atoms with E-state index in [9.17, 15) is 9.59 Å². The van der Waals surface area contributed by atoms with E-state index in [2.05, 4.69) is 0 Å². The van der Waals surface area contributed by atoms with Crippen LogP contribution in [0.5, 0.6) is 0 Å². The first-order valence-electron chi connectivity index (χ1n) is 5.61. The van der Waals surface area contributed by atoms with Crippen LogP contribution in [-0.4, -0.2) is 36.5 Å². The molecule has 0 radical (unpaired) electrons. The maximum absolute atomic E-state index is 11.7. The van der Waals surface area contributed by atoms with E-state index >= 15 is 0 Å². The van der Waals surface area contributed by atoms with E-state index in [1.807, 2.05) is 4.90 Å². The first-order valence-corrected chi connectivity index (χ1v) is 5.61. The van der Waals surface area contributed by atoms with Crippen LogP contribution < -0.4 is 0 Å². The second-order valence-corrected chi connectivity index (χ2v) is 4.32. The second-order valence-electron chi connectivity index (χ2n) is 4.32. The molecule has 0 aromatic rings. The summed E-state index contributed by atoms with van der Waals surface area (Å²) < 4.78 is 4.80. The third-order valence-electron chi connectivity index (χ3n) is 3.49. The topological polar surface area (TPSA) is 46.6 Å². The number of nitrogens with zero attached hydrogens (tertiary/aromatic N) is 1. The Kier molecular flexibility index (Phi) is 2.93. The molecule has 2 aliphatic rings. The van der Waals surface area contributed by atoms with Gasteiger partial charge < -0.3 is 9.64 Å². The van der Waals surface area contributed by atoms with Crippen molar-refractivity contribution in [1.29, 1.82) is 0 Å². The molecule has 15 heavy (non-hydrogen) atoms. The van der Waals surface area contributed by atoms with Crippen molar-refractivity contribution in [2.75, 3.05) is 13.7 Å². The van der Waals surface area contributed by atoms with Crippen molar-refractivity contribution in [3.8, 4) is 0 Å². The molecule has 0 N–H and O–H groups in total. The zero-order chi connectivity index (χ0) is 10.8. The quantitative estimate of drug-likeness (QED) is 0.607. The van der Waals surface area contributed by atoms with Crippen LogP contribution in [0, 0.1) is 5.92 Å². The fourth-order valence-electron chi connectivity index (χ4n) is 2.76. The van der Waals surface area contributed by atoms with Gasteiger partial charge in [-0.05, 0) is 25.7 Å². The molecule has 4 nitrogen and oxygen atoms in total. The molecule has 2 fully saturated rings. The standard InChI is InChI=1S/C11H17NO3/c1-15-11(14)8-4-3-7-12-9(8)5-2-6-10(12)13/h8-9H,2-7H2,1H3/t8-,9+/m0/s1. The zero-order valence-corrected chi connectivity index (χ0v) is 9.07. The van der Waals surface area contributed by atoms with Gasteiger partial charge in [-0.2, -0.15) is 0 Å². The fraction of sp³-hybridized carbons (Fsp3) is 0.818. The number of carbonyl (C=O) groups excluding carboxylic acids is 2. The Labute approximate surface area is 89.6 Å². The van der Waals surface area contributed by atoms with Crippen LogP contribution in [0.1, 0.15) is 32.1 Å². The number of amides is 1. The van der Waals surface area contributed by atoms with Gasteiger partial charge in [-0.3, -0.25) is 9.59 Å². The lowest BCUT2D eigenvalue weighted by atomic mass is 9.83. The minimum atomic E-state index is -0.153. The predicted octanol–water partition coefficient (Wildman–Crippen LogP) is 0.950. The Morgan fingerprint density at radius 3 is 2.93 bits per heavy atom. The van der Waals surface area contributed by atoms with Crippen LogP contribution in [0.25, 0.3) is 0 Å². The summed E-state index contributed by atoms with van der Waals surface area (Å²) in [5, 5.41) is 0. The maximum atomic E-state index is 11.7. The molecular weight excluding hydrogens is 194 g/mol. The average molecular weight is 211 g/mol. The minimum Gasteiger partial charge on any atom is -0.469 e. The molecule has 84 valence electrons. The lowest BCUT2D eigenvalue weighted by Gasteiger charge is -2.42. The first-order chi connectivity index (χ1) is 7.24. The molecule has 2 aliphatic heterocycles. The van der Waals surface area contributed by atoms with Crippen LogP contribution in [0.3, 0.4) is 0 Å². The van der Waals surface area contributed by atoms with E-state index in [-0.39, 0.29) is 23.8 Å².